The summed E-state index contributed by atoms with van der Waals surface area (Å²) >= 11 is 0. The average molecular weight is 348 g/mol. The van der Waals surface area contributed by atoms with Crippen molar-refractivity contribution in [3.8, 4) is 28.9 Å². The van der Waals surface area contributed by atoms with Crippen LogP contribution in [0.5, 0.6) is 5.75 Å². The van der Waals surface area contributed by atoms with Gasteiger partial charge in [-0.3, -0.25) is 0 Å². The maximum absolute atomic E-state index is 11.6. The number of aromatic hydroxyl groups is 1. The van der Waals surface area contributed by atoms with E-state index < -0.39 is 6.09 Å². The first-order valence-corrected chi connectivity index (χ1v) is 7.90. The van der Waals surface area contributed by atoms with Gasteiger partial charge >= 0.3 is 6.09 Å². The number of hydrogen-bond donors (Lipinski definition) is 2. The van der Waals surface area contributed by atoms with Gasteiger partial charge in [0.05, 0.1) is 18.3 Å². The Morgan fingerprint density at radius 3 is 2.81 bits per heavy atom. The number of hydrogen-bond acceptors (Lipinski definition) is 5. The predicted molar refractivity (Wildman–Crippen MR) is 95.1 cm³/mol. The highest BCUT2D eigenvalue weighted by Gasteiger charge is 2.08. The fraction of sp³-hybridized carbons (Fsp3) is 0.100. The third kappa shape index (κ3) is 4.65. The lowest BCUT2D eigenvalue weighted by atomic mass is 10.1. The van der Waals surface area contributed by atoms with Crippen LogP contribution in [0.3, 0.4) is 0 Å². The normalized spacial score (nSPS) is 9.85. The molecule has 6 nitrogen and oxygen atoms in total. The molecule has 130 valence electrons. The number of phenolic OH excluding ortho intramolecular Hbond substituents is 1. The molecule has 3 aromatic rings. The number of rotatable bonds is 4. The Labute approximate surface area is 150 Å². The molecule has 0 aliphatic rings. The van der Waals surface area contributed by atoms with E-state index >= 15 is 0 Å². The smallest absolute Gasteiger partial charge is 0.408 e. The molecular weight excluding hydrogens is 332 g/mol. The molecule has 2 aromatic carbocycles. The second-order valence-corrected chi connectivity index (χ2v) is 5.33. The van der Waals surface area contributed by atoms with Crippen LogP contribution < -0.4 is 5.32 Å². The van der Waals surface area contributed by atoms with Gasteiger partial charge in [-0.2, -0.15) is 0 Å². The van der Waals surface area contributed by atoms with E-state index in [1.54, 1.807) is 18.2 Å². The van der Waals surface area contributed by atoms with E-state index in [2.05, 4.69) is 22.3 Å². The van der Waals surface area contributed by atoms with Gasteiger partial charge in [0.15, 0.2) is 5.76 Å². The Balaban J connectivity index is 1.52. The van der Waals surface area contributed by atoms with Crippen molar-refractivity contribution in [1.82, 2.24) is 10.5 Å². The second kappa shape index (κ2) is 8.40. The summed E-state index contributed by atoms with van der Waals surface area (Å²) in [6.45, 7) is 0.352. The van der Waals surface area contributed by atoms with Gasteiger partial charge in [-0.05, 0) is 23.8 Å². The molecule has 0 spiro atoms. The van der Waals surface area contributed by atoms with Crippen molar-refractivity contribution < 1.29 is 19.2 Å². The van der Waals surface area contributed by atoms with E-state index in [9.17, 15) is 9.90 Å². The second-order valence-electron chi connectivity index (χ2n) is 5.33. The average Bonchev–Trinajstić information content (AvgIpc) is 3.20. The minimum Gasteiger partial charge on any atom is -0.507 e. The summed E-state index contributed by atoms with van der Waals surface area (Å²) in [6.07, 6.45) is 0.967. The fourth-order valence-corrected chi connectivity index (χ4v) is 2.20. The summed E-state index contributed by atoms with van der Waals surface area (Å²) in [4.78, 5) is 11.6. The Kier molecular flexibility index (Phi) is 5.53. The highest BCUT2D eigenvalue weighted by atomic mass is 16.5. The SMILES string of the molecule is O=C(NCC#Cc1ccc(O)c(-c2ccno2)c1)OCc1ccccc1. The van der Waals surface area contributed by atoms with Crippen molar-refractivity contribution in [2.75, 3.05) is 6.54 Å². The number of benzene rings is 2. The molecule has 0 radical (unpaired) electrons. The van der Waals surface area contributed by atoms with E-state index in [4.69, 9.17) is 9.26 Å². The van der Waals surface area contributed by atoms with E-state index in [-0.39, 0.29) is 18.9 Å². The van der Waals surface area contributed by atoms with Crippen LogP contribution in [0.15, 0.2) is 65.3 Å². The molecule has 2 N–H and O–H groups in total. The molecule has 1 amide bonds. The lowest BCUT2D eigenvalue weighted by Crippen LogP contribution is -2.24. The molecule has 0 atom stereocenters. The zero-order valence-electron chi connectivity index (χ0n) is 13.8. The van der Waals surface area contributed by atoms with Crippen LogP contribution in [-0.2, 0) is 11.3 Å². The highest BCUT2D eigenvalue weighted by molar-refractivity contribution is 5.68. The number of nitrogens with one attached hydrogen (secondary N) is 1. The topological polar surface area (TPSA) is 84.6 Å². The maximum atomic E-state index is 11.6. The maximum Gasteiger partial charge on any atom is 0.408 e. The lowest BCUT2D eigenvalue weighted by molar-refractivity contribution is 0.141. The number of phenols is 1. The molecule has 1 heterocycles. The Morgan fingerprint density at radius 1 is 1.19 bits per heavy atom. The predicted octanol–water partition coefficient (Wildman–Crippen LogP) is 3.33. The lowest BCUT2D eigenvalue weighted by Gasteiger charge is -2.04. The van der Waals surface area contributed by atoms with Crippen LogP contribution in [0.25, 0.3) is 11.3 Å². The molecule has 0 fully saturated rings. The highest BCUT2D eigenvalue weighted by Crippen LogP contribution is 2.29. The number of carbonyl (C=O) groups is 1. The van der Waals surface area contributed by atoms with Crippen molar-refractivity contribution in [1.29, 1.82) is 0 Å². The van der Waals surface area contributed by atoms with Crippen molar-refractivity contribution in [3.05, 3.63) is 71.9 Å². The first-order valence-electron chi connectivity index (χ1n) is 7.90. The molecule has 0 saturated carbocycles. The van der Waals surface area contributed by atoms with Gasteiger partial charge in [0, 0.05) is 11.6 Å². The first-order chi connectivity index (χ1) is 12.7. The third-order valence-electron chi connectivity index (χ3n) is 3.47. The quantitative estimate of drug-likeness (QED) is 0.707. The summed E-state index contributed by atoms with van der Waals surface area (Å²) in [5.74, 6) is 6.27. The summed E-state index contributed by atoms with van der Waals surface area (Å²) in [6, 6.07) is 16.0. The van der Waals surface area contributed by atoms with Crippen LogP contribution in [0, 0.1) is 11.8 Å². The number of aromatic nitrogens is 1. The van der Waals surface area contributed by atoms with Crippen LogP contribution >= 0.6 is 0 Å². The molecule has 6 heteroatoms. The van der Waals surface area contributed by atoms with Gasteiger partial charge in [-0.15, -0.1) is 0 Å². The third-order valence-corrected chi connectivity index (χ3v) is 3.47. The standard InChI is InChI=1S/C20H16N2O4/c23-18-9-8-15(13-17(18)19-10-12-22-26-19)7-4-11-21-20(24)25-14-16-5-2-1-3-6-16/h1-3,5-6,8-10,12-13,23H,11,14H2,(H,21,24). The number of nitrogens with zero attached hydrogens (tertiary/aromatic N) is 1. The van der Waals surface area contributed by atoms with E-state index in [0.29, 0.717) is 16.9 Å². The molecule has 3 rings (SSSR count). The van der Waals surface area contributed by atoms with E-state index in [1.165, 1.54) is 12.3 Å². The summed E-state index contributed by atoms with van der Waals surface area (Å²) in [5, 5.41) is 16.1. The largest absolute Gasteiger partial charge is 0.507 e. The van der Waals surface area contributed by atoms with Gasteiger partial charge < -0.3 is 19.7 Å². The molecule has 0 bridgehead atoms. The Bertz CT molecular complexity index is 925. The number of alkyl carbamates (subject to hydrolysis) is 1. The first kappa shape index (κ1) is 17.1. The molecule has 0 aliphatic heterocycles. The fourth-order valence-electron chi connectivity index (χ4n) is 2.20. The van der Waals surface area contributed by atoms with Crippen LogP contribution in [-0.4, -0.2) is 22.9 Å². The van der Waals surface area contributed by atoms with Gasteiger partial charge in [-0.1, -0.05) is 47.3 Å². The number of carbonyl (C=O) groups excluding carboxylic acids is 1. The van der Waals surface area contributed by atoms with Crippen molar-refractivity contribution >= 4 is 6.09 Å². The molecule has 0 saturated heterocycles. The summed E-state index contributed by atoms with van der Waals surface area (Å²) in [5.41, 5.74) is 2.09. The van der Waals surface area contributed by atoms with Crippen molar-refractivity contribution in [3.63, 3.8) is 0 Å². The molecular formula is C20H16N2O4. The van der Waals surface area contributed by atoms with Crippen LogP contribution in [0.4, 0.5) is 4.79 Å². The van der Waals surface area contributed by atoms with Crippen LogP contribution in [0.1, 0.15) is 11.1 Å². The monoisotopic (exact) mass is 348 g/mol. The summed E-state index contributed by atoms with van der Waals surface area (Å²) in [7, 11) is 0. The Morgan fingerprint density at radius 2 is 2.04 bits per heavy atom. The number of ether oxygens (including phenoxy) is 1. The zero-order chi connectivity index (χ0) is 18.2. The molecule has 26 heavy (non-hydrogen) atoms. The molecule has 0 aliphatic carbocycles. The zero-order valence-corrected chi connectivity index (χ0v) is 13.8. The minimum atomic E-state index is -0.531. The van der Waals surface area contributed by atoms with Gasteiger partial charge in [0.25, 0.3) is 0 Å². The van der Waals surface area contributed by atoms with Crippen molar-refractivity contribution in [2.24, 2.45) is 0 Å². The number of amides is 1. The van der Waals surface area contributed by atoms with Crippen LogP contribution in [0.2, 0.25) is 0 Å². The van der Waals surface area contributed by atoms with Gasteiger partial charge in [0.1, 0.15) is 12.4 Å². The van der Waals surface area contributed by atoms with Crippen molar-refractivity contribution in [2.45, 2.75) is 6.61 Å². The van der Waals surface area contributed by atoms with Gasteiger partial charge in [-0.25, -0.2) is 4.79 Å². The summed E-state index contributed by atoms with van der Waals surface area (Å²) < 4.78 is 10.1. The Hall–Kier alpha value is -3.72. The van der Waals surface area contributed by atoms with Gasteiger partial charge in [0.2, 0.25) is 0 Å². The minimum absolute atomic E-state index is 0.0786. The van der Waals surface area contributed by atoms with E-state index in [0.717, 1.165) is 5.56 Å². The molecule has 1 aromatic heterocycles. The van der Waals surface area contributed by atoms with E-state index in [1.807, 2.05) is 30.3 Å². The molecule has 0 unspecified atom stereocenters.